The number of rotatable bonds is 4. The molecule has 1 aliphatic heterocycles. The lowest BCUT2D eigenvalue weighted by Gasteiger charge is -2.16. The van der Waals surface area contributed by atoms with E-state index in [0.717, 1.165) is 5.56 Å². The molecule has 0 aromatic heterocycles. The van der Waals surface area contributed by atoms with Crippen molar-refractivity contribution in [3.63, 3.8) is 0 Å². The first-order chi connectivity index (χ1) is 9.24. The van der Waals surface area contributed by atoms with Crippen molar-refractivity contribution in [3.05, 3.63) is 35.1 Å². The normalized spacial score (nSPS) is 19.6. The van der Waals surface area contributed by atoms with Gasteiger partial charge in [0.1, 0.15) is 5.82 Å². The molecule has 0 spiro atoms. The van der Waals surface area contributed by atoms with E-state index >= 15 is 0 Å². The van der Waals surface area contributed by atoms with Crippen molar-refractivity contribution in [1.82, 2.24) is 4.90 Å². The molecule has 1 atom stereocenters. The Bertz CT molecular complexity index is 631. The number of likely N-dealkylation sites (tertiary alicyclic amines) is 1. The van der Waals surface area contributed by atoms with Gasteiger partial charge < -0.3 is 4.90 Å². The third-order valence-corrected chi connectivity index (χ3v) is 4.19. The molecule has 1 aromatic carbocycles. The number of halogens is 2. The van der Waals surface area contributed by atoms with Crippen LogP contribution in [0.3, 0.4) is 0 Å². The van der Waals surface area contributed by atoms with Crippen molar-refractivity contribution >= 4 is 16.1 Å². The fraction of sp³-hybridized carbons (Fsp3) is 0.462. The molecule has 110 valence electrons. The van der Waals surface area contributed by atoms with Crippen LogP contribution in [0.1, 0.15) is 17.5 Å². The number of nitrogens with zero attached hydrogens (tertiary/aromatic N) is 1. The van der Waals surface area contributed by atoms with Crippen molar-refractivity contribution in [2.75, 3.05) is 12.3 Å². The van der Waals surface area contributed by atoms with Crippen LogP contribution in [-0.4, -0.2) is 31.5 Å². The molecule has 0 bridgehead atoms. The van der Waals surface area contributed by atoms with Crippen LogP contribution in [0.25, 0.3) is 0 Å². The Kier molecular flexibility index (Phi) is 4.08. The van der Waals surface area contributed by atoms with E-state index in [-0.39, 0.29) is 31.2 Å². The van der Waals surface area contributed by atoms with E-state index in [1.165, 1.54) is 11.0 Å². The van der Waals surface area contributed by atoms with E-state index in [2.05, 4.69) is 0 Å². The third kappa shape index (κ3) is 3.75. The SMILES string of the molecule is Cc1cc(CN2CC(CS(=O)(=O)F)CC2=O)ccc1F. The van der Waals surface area contributed by atoms with Crippen LogP contribution >= 0.6 is 0 Å². The van der Waals surface area contributed by atoms with E-state index in [1.807, 2.05) is 0 Å². The molecule has 20 heavy (non-hydrogen) atoms. The predicted octanol–water partition coefficient (Wildman–Crippen LogP) is 1.78. The third-order valence-electron chi connectivity index (χ3n) is 3.33. The van der Waals surface area contributed by atoms with Crippen LogP contribution in [0.4, 0.5) is 8.28 Å². The van der Waals surface area contributed by atoms with Gasteiger partial charge in [-0.05, 0) is 24.1 Å². The van der Waals surface area contributed by atoms with Gasteiger partial charge in [0.05, 0.1) is 5.75 Å². The summed E-state index contributed by atoms with van der Waals surface area (Å²) >= 11 is 0. The maximum absolute atomic E-state index is 13.1. The molecule has 2 rings (SSSR count). The molecule has 0 aliphatic carbocycles. The first-order valence-corrected chi connectivity index (χ1v) is 7.75. The van der Waals surface area contributed by atoms with Gasteiger partial charge in [0.25, 0.3) is 0 Å². The van der Waals surface area contributed by atoms with E-state index in [1.54, 1.807) is 19.1 Å². The molecular weight excluding hydrogens is 288 g/mol. The van der Waals surface area contributed by atoms with E-state index in [9.17, 15) is 21.5 Å². The second-order valence-corrected chi connectivity index (χ2v) is 6.54. The number of amides is 1. The summed E-state index contributed by atoms with van der Waals surface area (Å²) in [6.07, 6.45) is 0.0311. The molecule has 1 aromatic rings. The highest BCUT2D eigenvalue weighted by Gasteiger charge is 2.32. The standard InChI is InChI=1S/C13H15F2NO3S/c1-9-4-10(2-3-12(9)14)6-16-7-11(5-13(16)17)8-20(15,18)19/h2-4,11H,5-8H2,1H3. The first-order valence-electron chi connectivity index (χ1n) is 6.20. The van der Waals surface area contributed by atoms with Crippen LogP contribution in [-0.2, 0) is 21.6 Å². The number of carbonyl (C=O) groups excluding carboxylic acids is 1. The molecule has 1 unspecified atom stereocenters. The number of carbonyl (C=O) groups is 1. The molecular formula is C13H15F2NO3S. The number of benzene rings is 1. The lowest BCUT2D eigenvalue weighted by molar-refractivity contribution is -0.128. The molecule has 1 saturated heterocycles. The zero-order valence-electron chi connectivity index (χ0n) is 11.0. The van der Waals surface area contributed by atoms with Gasteiger partial charge in [-0.2, -0.15) is 8.42 Å². The van der Waals surface area contributed by atoms with Crippen molar-refractivity contribution in [1.29, 1.82) is 0 Å². The Labute approximate surface area is 116 Å². The van der Waals surface area contributed by atoms with Gasteiger partial charge in [0, 0.05) is 25.4 Å². The van der Waals surface area contributed by atoms with Gasteiger partial charge in [0.2, 0.25) is 5.91 Å². The van der Waals surface area contributed by atoms with Crippen molar-refractivity contribution in [2.45, 2.75) is 19.9 Å². The maximum Gasteiger partial charge on any atom is 0.302 e. The molecule has 1 aliphatic rings. The smallest absolute Gasteiger partial charge is 0.302 e. The van der Waals surface area contributed by atoms with E-state index in [4.69, 9.17) is 0 Å². The highest BCUT2D eigenvalue weighted by molar-refractivity contribution is 7.86. The van der Waals surface area contributed by atoms with Crippen LogP contribution < -0.4 is 0 Å². The van der Waals surface area contributed by atoms with Gasteiger partial charge in [-0.25, -0.2) is 4.39 Å². The quantitative estimate of drug-likeness (QED) is 0.797. The zero-order valence-corrected chi connectivity index (χ0v) is 11.8. The molecule has 1 fully saturated rings. The van der Waals surface area contributed by atoms with Crippen LogP contribution in [0, 0.1) is 18.7 Å². The minimum absolute atomic E-state index is 0.0311. The minimum Gasteiger partial charge on any atom is -0.338 e. The Morgan fingerprint density at radius 1 is 1.40 bits per heavy atom. The van der Waals surface area contributed by atoms with Crippen LogP contribution in [0.15, 0.2) is 18.2 Å². The van der Waals surface area contributed by atoms with Gasteiger partial charge in [-0.3, -0.25) is 4.79 Å². The van der Waals surface area contributed by atoms with Gasteiger partial charge in [0.15, 0.2) is 0 Å². The van der Waals surface area contributed by atoms with Gasteiger partial charge in [-0.1, -0.05) is 12.1 Å². The summed E-state index contributed by atoms with van der Waals surface area (Å²) in [5.74, 6) is -1.67. The summed E-state index contributed by atoms with van der Waals surface area (Å²) in [6, 6.07) is 4.55. The number of hydrogen-bond donors (Lipinski definition) is 0. The lowest BCUT2D eigenvalue weighted by atomic mass is 10.1. The summed E-state index contributed by atoms with van der Waals surface area (Å²) < 4.78 is 47.0. The Balaban J connectivity index is 2.03. The van der Waals surface area contributed by atoms with Crippen molar-refractivity contribution < 1.29 is 21.5 Å². The molecule has 1 heterocycles. The molecule has 4 nitrogen and oxygen atoms in total. The fourth-order valence-corrected chi connectivity index (χ4v) is 3.21. The monoisotopic (exact) mass is 303 g/mol. The average molecular weight is 303 g/mol. The molecule has 0 N–H and O–H groups in total. The van der Waals surface area contributed by atoms with Crippen molar-refractivity contribution in [2.24, 2.45) is 5.92 Å². The van der Waals surface area contributed by atoms with Crippen molar-refractivity contribution in [3.8, 4) is 0 Å². The maximum atomic E-state index is 13.1. The number of hydrogen-bond acceptors (Lipinski definition) is 3. The first kappa shape index (κ1) is 14.9. The minimum atomic E-state index is -4.57. The average Bonchev–Trinajstić information content (AvgIpc) is 2.62. The summed E-state index contributed by atoms with van der Waals surface area (Å²) in [6.45, 7) is 2.12. The molecule has 1 amide bonds. The summed E-state index contributed by atoms with van der Waals surface area (Å²) in [5.41, 5.74) is 1.25. The Morgan fingerprint density at radius 2 is 2.10 bits per heavy atom. The number of aryl methyl sites for hydroxylation is 1. The summed E-state index contributed by atoms with van der Waals surface area (Å²) in [4.78, 5) is 13.2. The highest BCUT2D eigenvalue weighted by Crippen LogP contribution is 2.22. The van der Waals surface area contributed by atoms with Gasteiger partial charge >= 0.3 is 10.2 Å². The molecule has 0 radical (unpaired) electrons. The molecule has 7 heteroatoms. The van der Waals surface area contributed by atoms with E-state index in [0.29, 0.717) is 5.56 Å². The molecule has 0 saturated carbocycles. The summed E-state index contributed by atoms with van der Waals surface area (Å²) in [5, 5.41) is 0. The Hall–Kier alpha value is -1.50. The van der Waals surface area contributed by atoms with Crippen LogP contribution in [0.2, 0.25) is 0 Å². The topological polar surface area (TPSA) is 54.5 Å². The van der Waals surface area contributed by atoms with Gasteiger partial charge in [-0.15, -0.1) is 3.89 Å². The van der Waals surface area contributed by atoms with E-state index < -0.39 is 21.9 Å². The predicted molar refractivity (Wildman–Crippen MR) is 69.6 cm³/mol. The fourth-order valence-electron chi connectivity index (χ4n) is 2.43. The Morgan fingerprint density at radius 3 is 2.70 bits per heavy atom. The zero-order chi connectivity index (χ0) is 14.9. The summed E-state index contributed by atoms with van der Waals surface area (Å²) in [7, 11) is -4.57. The highest BCUT2D eigenvalue weighted by atomic mass is 32.3. The van der Waals surface area contributed by atoms with Crippen LogP contribution in [0.5, 0.6) is 0 Å². The second kappa shape index (κ2) is 5.47. The lowest BCUT2D eigenvalue weighted by Crippen LogP contribution is -2.25. The second-order valence-electron chi connectivity index (χ2n) is 5.13. The largest absolute Gasteiger partial charge is 0.338 e.